The number of nitrogens with one attached hydrogen (secondary N) is 1. The van der Waals surface area contributed by atoms with E-state index in [-0.39, 0.29) is 11.7 Å². The van der Waals surface area contributed by atoms with Gasteiger partial charge in [0.05, 0.1) is 0 Å². The Morgan fingerprint density at radius 3 is 2.38 bits per heavy atom. The number of ketones is 1. The average molecular weight is 495 g/mol. The third-order valence-corrected chi connectivity index (χ3v) is 6.39. The molecule has 0 bridgehead atoms. The second-order valence-corrected chi connectivity index (χ2v) is 9.55. The first kappa shape index (κ1) is 27.6. The van der Waals surface area contributed by atoms with Crippen LogP contribution in [-0.4, -0.2) is 48.0 Å². The summed E-state index contributed by atoms with van der Waals surface area (Å²) in [5.74, 6) is -0.821. The van der Waals surface area contributed by atoms with Gasteiger partial charge in [-0.3, -0.25) is 14.5 Å². The molecule has 0 heterocycles. The first-order chi connectivity index (χ1) is 16.0. The Balaban J connectivity index is 2.15. The molecular formula is C25H35ClN2O6. The number of hydrogen-bond acceptors (Lipinski definition) is 6. The summed E-state index contributed by atoms with van der Waals surface area (Å²) in [5.41, 5.74) is -0.710. The number of ether oxygens (including phenoxy) is 2. The molecule has 8 nitrogen and oxygen atoms in total. The monoisotopic (exact) mass is 494 g/mol. The van der Waals surface area contributed by atoms with Gasteiger partial charge in [0.15, 0.2) is 5.78 Å². The first-order valence-electron chi connectivity index (χ1n) is 11.7. The minimum absolute atomic E-state index is 0.115. The molecule has 2 amide bonds. The van der Waals surface area contributed by atoms with Gasteiger partial charge in [0.2, 0.25) is 12.2 Å². The molecule has 3 atom stereocenters. The van der Waals surface area contributed by atoms with Gasteiger partial charge in [-0.25, -0.2) is 9.59 Å². The lowest BCUT2D eigenvalue weighted by Gasteiger charge is -2.43. The number of halogens is 1. The number of likely N-dealkylation sites (N-methyl/N-ethyl adjacent to an activating group) is 1. The highest BCUT2D eigenvalue weighted by atomic mass is 35.5. The first-order valence-corrected chi connectivity index (χ1v) is 12.1. The third kappa shape index (κ3) is 6.72. The Hall–Kier alpha value is -2.61. The molecule has 0 aromatic heterocycles. The Bertz CT molecular complexity index is 905. The van der Waals surface area contributed by atoms with Gasteiger partial charge in [0.25, 0.3) is 0 Å². The van der Waals surface area contributed by atoms with Crippen LogP contribution in [0.4, 0.5) is 4.79 Å². The van der Waals surface area contributed by atoms with E-state index in [0.717, 1.165) is 12.8 Å². The van der Waals surface area contributed by atoms with Gasteiger partial charge in [0.1, 0.15) is 11.6 Å². The molecule has 1 fully saturated rings. The summed E-state index contributed by atoms with van der Waals surface area (Å²) < 4.78 is 10.7. The van der Waals surface area contributed by atoms with Gasteiger partial charge in [-0.05, 0) is 44.1 Å². The fourth-order valence-electron chi connectivity index (χ4n) is 4.27. The molecule has 1 aromatic rings. The highest BCUT2D eigenvalue weighted by molar-refractivity contribution is 6.31. The van der Waals surface area contributed by atoms with Crippen LogP contribution in [0.5, 0.6) is 0 Å². The number of esters is 1. The van der Waals surface area contributed by atoms with Crippen LogP contribution in [0.15, 0.2) is 24.3 Å². The molecule has 0 aliphatic heterocycles. The van der Waals surface area contributed by atoms with Crippen LogP contribution in [0, 0.1) is 5.92 Å². The zero-order valence-electron chi connectivity index (χ0n) is 20.6. The average Bonchev–Trinajstić information content (AvgIpc) is 2.76. The maximum atomic E-state index is 13.2. The number of amides is 2. The Kier molecular flexibility index (Phi) is 9.91. The highest BCUT2D eigenvalue weighted by Crippen LogP contribution is 2.42. The van der Waals surface area contributed by atoms with E-state index in [4.69, 9.17) is 21.1 Å². The van der Waals surface area contributed by atoms with E-state index in [1.165, 1.54) is 25.8 Å². The van der Waals surface area contributed by atoms with E-state index < -0.39 is 29.9 Å². The van der Waals surface area contributed by atoms with E-state index in [2.05, 4.69) is 5.32 Å². The van der Waals surface area contributed by atoms with Crippen molar-refractivity contribution in [3.63, 3.8) is 0 Å². The number of nitrogens with zero attached hydrogens (tertiary/aromatic N) is 1. The lowest BCUT2D eigenvalue weighted by molar-refractivity contribution is -0.171. The second-order valence-electron chi connectivity index (χ2n) is 9.14. The van der Waals surface area contributed by atoms with Crippen molar-refractivity contribution >= 4 is 35.4 Å². The van der Waals surface area contributed by atoms with Crippen molar-refractivity contribution in [1.82, 2.24) is 10.2 Å². The molecule has 1 aromatic carbocycles. The summed E-state index contributed by atoms with van der Waals surface area (Å²) >= 11 is 6.43. The van der Waals surface area contributed by atoms with Gasteiger partial charge in [0, 0.05) is 37.9 Å². The zero-order valence-corrected chi connectivity index (χ0v) is 21.3. The summed E-state index contributed by atoms with van der Waals surface area (Å²) in [6, 6.07) is 6.12. The molecule has 1 N–H and O–H groups in total. The molecule has 188 valence electrons. The minimum atomic E-state index is -1.26. The van der Waals surface area contributed by atoms with Gasteiger partial charge in [-0.1, -0.05) is 43.6 Å². The van der Waals surface area contributed by atoms with Crippen LogP contribution in [0.3, 0.4) is 0 Å². The standard InChI is InChI=1S/C25H35ClN2O6/c1-16(2)13-14-21(27-17(3)29)23(31)33-18(4)34-24(32)28(5)25(15-9-8-12-22(25)30)19-10-6-7-11-20(19)26/h6-7,10-11,16,18,21H,8-9,12-15H2,1-5H3,(H,27,29)/t18?,21-,25-/m0/s1. The van der Waals surface area contributed by atoms with Crippen molar-refractivity contribution in [2.45, 2.75) is 84.1 Å². The van der Waals surface area contributed by atoms with E-state index in [1.807, 2.05) is 13.8 Å². The SMILES string of the molecule is CC(=O)N[C@@H](CCC(C)C)C(=O)OC(C)OC(=O)N(C)[C@]1(c2ccccc2Cl)CCCCC1=O. The lowest BCUT2D eigenvalue weighted by Crippen LogP contribution is -2.55. The Labute approximate surface area is 206 Å². The second kappa shape index (κ2) is 12.2. The summed E-state index contributed by atoms with van der Waals surface area (Å²) in [4.78, 5) is 51.6. The lowest BCUT2D eigenvalue weighted by atomic mass is 9.74. The molecule has 1 unspecified atom stereocenters. The maximum absolute atomic E-state index is 13.2. The van der Waals surface area contributed by atoms with Crippen molar-refractivity contribution in [1.29, 1.82) is 0 Å². The van der Waals surface area contributed by atoms with Crippen molar-refractivity contribution in [2.75, 3.05) is 7.05 Å². The normalized spacial score (nSPS) is 19.8. The third-order valence-electron chi connectivity index (χ3n) is 6.06. The summed E-state index contributed by atoms with van der Waals surface area (Å²) in [6.45, 7) is 6.76. The maximum Gasteiger partial charge on any atom is 0.413 e. The van der Waals surface area contributed by atoms with Crippen molar-refractivity contribution in [3.8, 4) is 0 Å². The van der Waals surface area contributed by atoms with Gasteiger partial charge in [-0.2, -0.15) is 0 Å². The van der Waals surface area contributed by atoms with Crippen LogP contribution in [0.25, 0.3) is 0 Å². The summed E-state index contributed by atoms with van der Waals surface area (Å²) in [5, 5.41) is 2.97. The molecule has 9 heteroatoms. The van der Waals surface area contributed by atoms with Crippen molar-refractivity contribution < 1.29 is 28.7 Å². The predicted molar refractivity (Wildman–Crippen MR) is 128 cm³/mol. The number of hydrogen-bond donors (Lipinski definition) is 1. The molecule has 0 spiro atoms. The zero-order chi connectivity index (χ0) is 25.5. The van der Waals surface area contributed by atoms with Gasteiger partial charge in [-0.15, -0.1) is 0 Å². The summed E-state index contributed by atoms with van der Waals surface area (Å²) in [7, 11) is 1.49. The van der Waals surface area contributed by atoms with Crippen LogP contribution < -0.4 is 5.32 Å². The van der Waals surface area contributed by atoms with Gasteiger partial charge >= 0.3 is 12.1 Å². The summed E-state index contributed by atoms with van der Waals surface area (Å²) in [6.07, 6.45) is 1.29. The van der Waals surface area contributed by atoms with Crippen LogP contribution in [0.1, 0.15) is 71.8 Å². The van der Waals surface area contributed by atoms with E-state index in [1.54, 1.807) is 24.3 Å². The topological polar surface area (TPSA) is 102 Å². The quantitative estimate of drug-likeness (QED) is 0.398. The molecule has 0 saturated heterocycles. The molecule has 1 saturated carbocycles. The number of rotatable bonds is 9. The van der Waals surface area contributed by atoms with Crippen molar-refractivity contribution in [3.05, 3.63) is 34.9 Å². The van der Waals surface area contributed by atoms with Crippen LogP contribution in [0.2, 0.25) is 5.02 Å². The number of carbonyl (C=O) groups is 4. The fraction of sp³-hybridized carbons (Fsp3) is 0.600. The number of Topliss-reactive ketones (excluding diaryl/α,β-unsaturated/α-hetero) is 1. The Morgan fingerprint density at radius 2 is 1.79 bits per heavy atom. The van der Waals surface area contributed by atoms with E-state index in [0.29, 0.717) is 42.2 Å². The Morgan fingerprint density at radius 1 is 1.12 bits per heavy atom. The van der Waals surface area contributed by atoms with Crippen LogP contribution >= 0.6 is 11.6 Å². The predicted octanol–water partition coefficient (Wildman–Crippen LogP) is 4.58. The molecule has 2 rings (SSSR count). The van der Waals surface area contributed by atoms with Gasteiger partial charge < -0.3 is 14.8 Å². The largest absolute Gasteiger partial charge is 0.424 e. The van der Waals surface area contributed by atoms with E-state index >= 15 is 0 Å². The minimum Gasteiger partial charge on any atom is -0.424 e. The van der Waals surface area contributed by atoms with E-state index in [9.17, 15) is 19.2 Å². The molecule has 1 aliphatic rings. The number of carbonyl (C=O) groups excluding carboxylic acids is 4. The molecule has 34 heavy (non-hydrogen) atoms. The number of benzene rings is 1. The highest BCUT2D eigenvalue weighted by Gasteiger charge is 2.49. The fourth-order valence-corrected chi connectivity index (χ4v) is 4.56. The molecule has 0 radical (unpaired) electrons. The smallest absolute Gasteiger partial charge is 0.413 e. The van der Waals surface area contributed by atoms with Crippen LogP contribution in [-0.2, 0) is 29.4 Å². The molecular weight excluding hydrogens is 460 g/mol. The molecule has 1 aliphatic carbocycles. The van der Waals surface area contributed by atoms with Crippen molar-refractivity contribution in [2.24, 2.45) is 5.92 Å².